The molecule has 2 N–H and O–H groups in total. The molecule has 0 aliphatic heterocycles. The number of rotatable bonds is 6. The maximum absolute atomic E-state index is 10.9. The molecule has 0 aromatic carbocycles. The Morgan fingerprint density at radius 2 is 2.40 bits per heavy atom. The first-order chi connectivity index (χ1) is 7.08. The van der Waals surface area contributed by atoms with Crippen molar-refractivity contribution in [3.05, 3.63) is 17.7 Å². The average Bonchev–Trinajstić information content (AvgIpc) is 2.58. The van der Waals surface area contributed by atoms with Gasteiger partial charge in [0.15, 0.2) is 0 Å². The first-order valence-electron chi connectivity index (χ1n) is 5.12. The lowest BCUT2D eigenvalue weighted by atomic mass is 10.2. The van der Waals surface area contributed by atoms with Crippen LogP contribution in [-0.2, 0) is 17.3 Å². The maximum atomic E-state index is 10.9. The molecule has 1 rings (SSSR count). The second-order valence-corrected chi connectivity index (χ2v) is 5.40. The van der Waals surface area contributed by atoms with Crippen LogP contribution in [0.4, 0.5) is 0 Å². The Labute approximate surface area is 93.3 Å². The monoisotopic (exact) mass is 229 g/mol. The summed E-state index contributed by atoms with van der Waals surface area (Å²) in [7, 11) is -0.690. The van der Waals surface area contributed by atoms with Gasteiger partial charge in [0.05, 0.1) is 0 Å². The van der Waals surface area contributed by atoms with Crippen LogP contribution >= 0.6 is 0 Å². The molecule has 0 aliphatic carbocycles. The molecular formula is C10H19N3OS. The Morgan fingerprint density at radius 1 is 1.67 bits per heavy atom. The van der Waals surface area contributed by atoms with E-state index in [1.54, 1.807) is 6.26 Å². The molecule has 0 fully saturated rings. The lowest BCUT2D eigenvalue weighted by molar-refractivity contribution is 0.530. The maximum Gasteiger partial charge on any atom is 0.103 e. The Balaban J connectivity index is 2.22. The second kappa shape index (κ2) is 6.02. The van der Waals surface area contributed by atoms with Gasteiger partial charge in [-0.3, -0.25) is 4.21 Å². The minimum Gasteiger partial charge on any atom is -0.345 e. The van der Waals surface area contributed by atoms with Gasteiger partial charge in [0.1, 0.15) is 5.82 Å². The van der Waals surface area contributed by atoms with Crippen LogP contribution in [-0.4, -0.2) is 32.2 Å². The summed E-state index contributed by atoms with van der Waals surface area (Å²) in [5, 5.41) is 3.36. The third-order valence-corrected chi connectivity index (χ3v) is 3.05. The highest BCUT2D eigenvalue weighted by atomic mass is 32.2. The fraction of sp³-hybridized carbons (Fsp3) is 0.700. The molecule has 4 nitrogen and oxygen atoms in total. The number of aryl methyl sites for hydroxylation is 1. The van der Waals surface area contributed by atoms with Crippen molar-refractivity contribution >= 4 is 10.8 Å². The van der Waals surface area contributed by atoms with Gasteiger partial charge in [-0.15, -0.1) is 0 Å². The fourth-order valence-corrected chi connectivity index (χ4v) is 1.98. The van der Waals surface area contributed by atoms with E-state index in [-0.39, 0.29) is 0 Å². The van der Waals surface area contributed by atoms with Crippen molar-refractivity contribution in [1.82, 2.24) is 15.3 Å². The van der Waals surface area contributed by atoms with Crippen molar-refractivity contribution in [2.45, 2.75) is 32.9 Å². The number of aromatic amines is 1. The zero-order valence-electron chi connectivity index (χ0n) is 9.54. The van der Waals surface area contributed by atoms with E-state index in [0.29, 0.717) is 6.04 Å². The van der Waals surface area contributed by atoms with E-state index in [1.165, 1.54) is 0 Å². The van der Waals surface area contributed by atoms with E-state index in [1.807, 2.05) is 13.1 Å². The van der Waals surface area contributed by atoms with E-state index >= 15 is 0 Å². The topological polar surface area (TPSA) is 57.8 Å². The van der Waals surface area contributed by atoms with Gasteiger partial charge >= 0.3 is 0 Å². The molecule has 1 heterocycles. The largest absolute Gasteiger partial charge is 0.345 e. The summed E-state index contributed by atoms with van der Waals surface area (Å²) in [4.78, 5) is 7.29. The van der Waals surface area contributed by atoms with Gasteiger partial charge in [0.25, 0.3) is 0 Å². The summed E-state index contributed by atoms with van der Waals surface area (Å²) in [5.74, 6) is 1.70. The predicted molar refractivity (Wildman–Crippen MR) is 63.2 cm³/mol. The molecule has 86 valence electrons. The van der Waals surface area contributed by atoms with Crippen LogP contribution in [0.2, 0.25) is 0 Å². The number of H-pyrrole nitrogens is 1. The molecule has 0 aliphatic rings. The van der Waals surface area contributed by atoms with Crippen LogP contribution in [0.3, 0.4) is 0 Å². The highest BCUT2D eigenvalue weighted by molar-refractivity contribution is 7.84. The molecule has 0 amide bonds. The molecule has 0 saturated heterocycles. The van der Waals surface area contributed by atoms with Crippen LogP contribution < -0.4 is 5.32 Å². The molecule has 0 radical (unpaired) electrons. The van der Waals surface area contributed by atoms with Crippen molar-refractivity contribution in [3.63, 3.8) is 0 Å². The fourth-order valence-electron chi connectivity index (χ4n) is 1.29. The quantitative estimate of drug-likeness (QED) is 0.764. The van der Waals surface area contributed by atoms with Crippen LogP contribution in [0.15, 0.2) is 6.20 Å². The minimum atomic E-state index is -0.690. The molecule has 0 spiro atoms. The van der Waals surface area contributed by atoms with E-state index in [9.17, 15) is 4.21 Å². The molecule has 0 saturated carbocycles. The first-order valence-corrected chi connectivity index (χ1v) is 6.84. The van der Waals surface area contributed by atoms with E-state index in [4.69, 9.17) is 0 Å². The van der Waals surface area contributed by atoms with Gasteiger partial charge in [-0.2, -0.15) is 0 Å². The SMILES string of the molecule is Cc1ncc(CNC(C)CCS(C)=O)[nH]1. The zero-order chi connectivity index (χ0) is 11.3. The standard InChI is InChI=1S/C10H19N3OS/c1-8(4-5-15(3)14)11-6-10-7-12-9(2)13-10/h7-8,11H,4-6H2,1-3H3,(H,12,13). The predicted octanol–water partition coefficient (Wildman–Crippen LogP) is 0.965. The minimum absolute atomic E-state index is 0.387. The first kappa shape index (κ1) is 12.4. The highest BCUT2D eigenvalue weighted by Gasteiger charge is 2.03. The summed E-state index contributed by atoms with van der Waals surface area (Å²) >= 11 is 0. The Kier molecular flexibility index (Phi) is 4.98. The highest BCUT2D eigenvalue weighted by Crippen LogP contribution is 1.98. The number of aromatic nitrogens is 2. The number of nitrogens with one attached hydrogen (secondary N) is 2. The lowest BCUT2D eigenvalue weighted by Crippen LogP contribution is -2.27. The average molecular weight is 229 g/mol. The molecule has 1 aromatic heterocycles. The van der Waals surface area contributed by atoms with Crippen molar-refractivity contribution in [1.29, 1.82) is 0 Å². The van der Waals surface area contributed by atoms with Gasteiger partial charge in [0.2, 0.25) is 0 Å². The molecule has 0 bridgehead atoms. The molecular weight excluding hydrogens is 210 g/mol. The van der Waals surface area contributed by atoms with Gasteiger partial charge in [-0.05, 0) is 20.3 Å². The summed E-state index contributed by atoms with van der Waals surface area (Å²) in [6.07, 6.45) is 4.52. The second-order valence-electron chi connectivity index (χ2n) is 3.84. The molecule has 2 unspecified atom stereocenters. The van der Waals surface area contributed by atoms with Crippen molar-refractivity contribution < 1.29 is 4.21 Å². The van der Waals surface area contributed by atoms with Gasteiger partial charge in [-0.25, -0.2) is 4.98 Å². The lowest BCUT2D eigenvalue weighted by Gasteiger charge is -2.11. The third-order valence-electron chi connectivity index (χ3n) is 2.23. The van der Waals surface area contributed by atoms with Crippen molar-refractivity contribution in [2.24, 2.45) is 0 Å². The Bertz CT molecular complexity index is 324. The van der Waals surface area contributed by atoms with Crippen LogP contribution in [0.1, 0.15) is 24.9 Å². The van der Waals surface area contributed by atoms with Gasteiger partial charge < -0.3 is 10.3 Å². The molecule has 1 aromatic rings. The van der Waals surface area contributed by atoms with Crippen molar-refractivity contribution in [3.8, 4) is 0 Å². The summed E-state index contributed by atoms with van der Waals surface area (Å²) in [6, 6.07) is 0.387. The molecule has 15 heavy (non-hydrogen) atoms. The van der Waals surface area contributed by atoms with Crippen LogP contribution in [0, 0.1) is 6.92 Å². The van der Waals surface area contributed by atoms with Crippen LogP contribution in [0.5, 0.6) is 0 Å². The number of hydrogen-bond acceptors (Lipinski definition) is 3. The van der Waals surface area contributed by atoms with E-state index in [2.05, 4.69) is 22.2 Å². The summed E-state index contributed by atoms with van der Waals surface area (Å²) in [6.45, 7) is 4.83. The van der Waals surface area contributed by atoms with Gasteiger partial charge in [-0.1, -0.05) is 0 Å². The number of imidazole rings is 1. The number of nitrogens with zero attached hydrogens (tertiary/aromatic N) is 1. The van der Waals surface area contributed by atoms with Crippen molar-refractivity contribution in [2.75, 3.05) is 12.0 Å². The summed E-state index contributed by atoms with van der Waals surface area (Å²) < 4.78 is 10.9. The Hall–Kier alpha value is -0.680. The number of hydrogen-bond donors (Lipinski definition) is 2. The molecule has 5 heteroatoms. The normalized spacial score (nSPS) is 15.1. The smallest absolute Gasteiger partial charge is 0.103 e. The van der Waals surface area contributed by atoms with E-state index in [0.717, 1.165) is 30.2 Å². The third kappa shape index (κ3) is 5.09. The molecule has 2 atom stereocenters. The zero-order valence-corrected chi connectivity index (χ0v) is 10.4. The van der Waals surface area contributed by atoms with Gasteiger partial charge in [0, 0.05) is 47.3 Å². The Morgan fingerprint density at radius 3 is 2.93 bits per heavy atom. The summed E-state index contributed by atoms with van der Waals surface area (Å²) in [5.41, 5.74) is 1.09. The van der Waals surface area contributed by atoms with Crippen LogP contribution in [0.25, 0.3) is 0 Å². The van der Waals surface area contributed by atoms with E-state index < -0.39 is 10.8 Å².